The van der Waals surface area contributed by atoms with Crippen molar-refractivity contribution in [3.63, 3.8) is 0 Å². The molecule has 1 aromatic heterocycles. The van der Waals surface area contributed by atoms with Gasteiger partial charge in [0.25, 0.3) is 0 Å². The summed E-state index contributed by atoms with van der Waals surface area (Å²) in [6.07, 6.45) is 2.53. The van der Waals surface area contributed by atoms with E-state index in [1.54, 1.807) is 12.1 Å². The van der Waals surface area contributed by atoms with Crippen molar-refractivity contribution in [3.05, 3.63) is 24.0 Å². The van der Waals surface area contributed by atoms with E-state index in [1.165, 1.54) is 6.20 Å². The Morgan fingerprint density at radius 2 is 2.00 bits per heavy atom. The summed E-state index contributed by atoms with van der Waals surface area (Å²) in [5, 5.41) is 11.5. The fourth-order valence-corrected chi connectivity index (χ4v) is 2.79. The predicted octanol–water partition coefficient (Wildman–Crippen LogP) is 2.22. The molecule has 6 heteroatoms. The average molecular weight is 291 g/mol. The molecule has 0 spiro atoms. The van der Waals surface area contributed by atoms with Crippen LogP contribution < -0.4 is 5.32 Å². The molecule has 0 radical (unpaired) electrons. The van der Waals surface area contributed by atoms with E-state index in [0.29, 0.717) is 23.2 Å². The van der Waals surface area contributed by atoms with Crippen molar-refractivity contribution in [2.24, 2.45) is 11.8 Å². The predicted molar refractivity (Wildman–Crippen MR) is 79.1 cm³/mol. The van der Waals surface area contributed by atoms with Gasteiger partial charge in [-0.3, -0.25) is 9.78 Å². The molecule has 21 heavy (non-hydrogen) atoms. The molecule has 0 aliphatic carbocycles. The zero-order chi connectivity index (χ0) is 15.4. The van der Waals surface area contributed by atoms with Crippen LogP contribution >= 0.6 is 0 Å². The molecule has 0 bridgehead atoms. The molecule has 1 fully saturated rings. The van der Waals surface area contributed by atoms with Crippen molar-refractivity contribution in [1.82, 2.24) is 9.88 Å². The molecule has 0 saturated carbocycles. The number of likely N-dealkylation sites (tertiary alicyclic amines) is 1. The quantitative estimate of drug-likeness (QED) is 0.894. The smallest absolute Gasteiger partial charge is 0.321 e. The molecule has 114 valence electrons. The van der Waals surface area contributed by atoms with Gasteiger partial charge in [-0.2, -0.15) is 0 Å². The third-order valence-electron chi connectivity index (χ3n) is 3.56. The maximum atomic E-state index is 12.2. The van der Waals surface area contributed by atoms with Crippen LogP contribution in [0.5, 0.6) is 0 Å². The molecule has 1 saturated heterocycles. The average Bonchev–Trinajstić information content (AvgIpc) is 2.39. The Kier molecular flexibility index (Phi) is 4.77. The van der Waals surface area contributed by atoms with E-state index in [-0.39, 0.29) is 12.5 Å². The van der Waals surface area contributed by atoms with Gasteiger partial charge in [-0.15, -0.1) is 0 Å². The molecule has 2 amide bonds. The molecule has 2 rings (SSSR count). The zero-order valence-corrected chi connectivity index (χ0v) is 12.4. The highest BCUT2D eigenvalue weighted by atomic mass is 16.4. The third kappa shape index (κ3) is 4.44. The highest BCUT2D eigenvalue weighted by molar-refractivity contribution is 5.89. The second-order valence-electron chi connectivity index (χ2n) is 5.89. The standard InChI is InChI=1S/C15H21N3O3/c1-10-5-11(2)9-18(8-10)15(21)17-13-4-3-12(16-7-13)6-14(19)20/h3-4,7,10-11H,5-6,8-9H2,1-2H3,(H,17,21)(H,19,20). The van der Waals surface area contributed by atoms with Crippen LogP contribution in [0.2, 0.25) is 0 Å². The van der Waals surface area contributed by atoms with Crippen LogP contribution in [0.4, 0.5) is 10.5 Å². The lowest BCUT2D eigenvalue weighted by molar-refractivity contribution is -0.136. The van der Waals surface area contributed by atoms with Crippen LogP contribution in [0.3, 0.4) is 0 Å². The number of carboxylic acids is 1. The normalized spacial score (nSPS) is 21.9. The summed E-state index contributed by atoms with van der Waals surface area (Å²) in [6.45, 7) is 5.83. The Labute approximate surface area is 124 Å². The van der Waals surface area contributed by atoms with Gasteiger partial charge in [0.1, 0.15) is 0 Å². The SMILES string of the molecule is CC1CC(C)CN(C(=O)Nc2ccc(CC(=O)O)nc2)C1. The highest BCUT2D eigenvalue weighted by Crippen LogP contribution is 2.21. The minimum atomic E-state index is -0.921. The van der Waals surface area contributed by atoms with Crippen molar-refractivity contribution >= 4 is 17.7 Å². The number of piperidine rings is 1. The fraction of sp³-hybridized carbons (Fsp3) is 0.533. The maximum absolute atomic E-state index is 12.2. The van der Waals surface area contributed by atoms with Crippen molar-refractivity contribution in [2.45, 2.75) is 26.7 Å². The monoisotopic (exact) mass is 291 g/mol. The largest absolute Gasteiger partial charge is 0.481 e. The molecule has 1 aliphatic rings. The summed E-state index contributed by atoms with van der Waals surface area (Å²) in [4.78, 5) is 28.7. The molecular formula is C15H21N3O3. The summed E-state index contributed by atoms with van der Waals surface area (Å²) in [5.41, 5.74) is 1.06. The Morgan fingerprint density at radius 1 is 1.33 bits per heavy atom. The number of aliphatic carboxylic acids is 1. The van der Waals surface area contributed by atoms with Crippen LogP contribution in [-0.4, -0.2) is 40.1 Å². The molecule has 1 aromatic rings. The summed E-state index contributed by atoms with van der Waals surface area (Å²) in [7, 11) is 0. The fourth-order valence-electron chi connectivity index (χ4n) is 2.79. The van der Waals surface area contributed by atoms with Crippen LogP contribution in [0.1, 0.15) is 26.0 Å². The lowest BCUT2D eigenvalue weighted by Crippen LogP contribution is -2.44. The summed E-state index contributed by atoms with van der Waals surface area (Å²) < 4.78 is 0. The first-order valence-electron chi connectivity index (χ1n) is 7.16. The Balaban J connectivity index is 1.94. The number of carboxylic acid groups (broad SMARTS) is 1. The summed E-state index contributed by atoms with van der Waals surface area (Å²) in [5.74, 6) is 0.0988. The number of rotatable bonds is 3. The van der Waals surface area contributed by atoms with Gasteiger partial charge in [0.15, 0.2) is 0 Å². The summed E-state index contributed by atoms with van der Waals surface area (Å²) >= 11 is 0. The number of nitrogens with zero attached hydrogens (tertiary/aromatic N) is 2. The number of aromatic nitrogens is 1. The number of anilines is 1. The van der Waals surface area contributed by atoms with Crippen LogP contribution in [-0.2, 0) is 11.2 Å². The first-order valence-corrected chi connectivity index (χ1v) is 7.16. The van der Waals surface area contributed by atoms with E-state index in [1.807, 2.05) is 4.90 Å². The van der Waals surface area contributed by atoms with Gasteiger partial charge >= 0.3 is 12.0 Å². The number of nitrogens with one attached hydrogen (secondary N) is 1. The van der Waals surface area contributed by atoms with Crippen LogP contribution in [0.15, 0.2) is 18.3 Å². The lowest BCUT2D eigenvalue weighted by Gasteiger charge is -2.34. The molecular weight excluding hydrogens is 270 g/mol. The topological polar surface area (TPSA) is 82.5 Å². The molecule has 2 heterocycles. The van der Waals surface area contributed by atoms with Crippen LogP contribution in [0, 0.1) is 11.8 Å². The van der Waals surface area contributed by atoms with E-state index in [2.05, 4.69) is 24.1 Å². The molecule has 2 atom stereocenters. The highest BCUT2D eigenvalue weighted by Gasteiger charge is 2.25. The number of hydrogen-bond donors (Lipinski definition) is 2. The van der Waals surface area contributed by atoms with Gasteiger partial charge in [0.05, 0.1) is 24.0 Å². The Hall–Kier alpha value is -2.11. The van der Waals surface area contributed by atoms with E-state index < -0.39 is 5.97 Å². The molecule has 2 N–H and O–H groups in total. The number of amides is 2. The molecule has 1 aliphatic heterocycles. The van der Waals surface area contributed by atoms with E-state index in [0.717, 1.165) is 19.5 Å². The number of carbonyl (C=O) groups excluding carboxylic acids is 1. The van der Waals surface area contributed by atoms with Crippen molar-refractivity contribution in [1.29, 1.82) is 0 Å². The third-order valence-corrected chi connectivity index (χ3v) is 3.56. The molecule has 2 unspecified atom stereocenters. The lowest BCUT2D eigenvalue weighted by atomic mass is 9.92. The Morgan fingerprint density at radius 3 is 2.52 bits per heavy atom. The number of carbonyl (C=O) groups is 2. The molecule has 0 aromatic carbocycles. The second-order valence-corrected chi connectivity index (χ2v) is 5.89. The Bertz CT molecular complexity index is 505. The molecule has 6 nitrogen and oxygen atoms in total. The van der Waals surface area contributed by atoms with E-state index in [4.69, 9.17) is 5.11 Å². The zero-order valence-electron chi connectivity index (χ0n) is 12.4. The van der Waals surface area contributed by atoms with Gasteiger partial charge < -0.3 is 15.3 Å². The van der Waals surface area contributed by atoms with Gasteiger partial charge in [0.2, 0.25) is 0 Å². The van der Waals surface area contributed by atoms with Gasteiger partial charge in [0, 0.05) is 13.1 Å². The number of hydrogen-bond acceptors (Lipinski definition) is 3. The van der Waals surface area contributed by atoms with Crippen molar-refractivity contribution in [3.8, 4) is 0 Å². The summed E-state index contributed by atoms with van der Waals surface area (Å²) in [6, 6.07) is 3.17. The number of urea groups is 1. The van der Waals surface area contributed by atoms with E-state index >= 15 is 0 Å². The van der Waals surface area contributed by atoms with Gasteiger partial charge in [-0.25, -0.2) is 4.79 Å². The van der Waals surface area contributed by atoms with Gasteiger partial charge in [-0.05, 0) is 30.4 Å². The van der Waals surface area contributed by atoms with Crippen LogP contribution in [0.25, 0.3) is 0 Å². The van der Waals surface area contributed by atoms with Crippen molar-refractivity contribution < 1.29 is 14.7 Å². The van der Waals surface area contributed by atoms with Crippen molar-refractivity contribution in [2.75, 3.05) is 18.4 Å². The maximum Gasteiger partial charge on any atom is 0.321 e. The van der Waals surface area contributed by atoms with Gasteiger partial charge in [-0.1, -0.05) is 13.8 Å². The second kappa shape index (κ2) is 6.56. The first-order chi connectivity index (χ1) is 9.94. The van der Waals surface area contributed by atoms with E-state index in [9.17, 15) is 9.59 Å². The minimum Gasteiger partial charge on any atom is -0.481 e. The first kappa shape index (κ1) is 15.3. The number of pyridine rings is 1. The minimum absolute atomic E-state index is 0.116.